The molecule has 0 saturated heterocycles. The molecular formula is C25H20N4O4S. The van der Waals surface area contributed by atoms with Crippen LogP contribution in [0.4, 0.5) is 0 Å². The van der Waals surface area contributed by atoms with E-state index in [0.717, 1.165) is 10.4 Å². The highest BCUT2D eigenvalue weighted by molar-refractivity contribution is 7.16. The van der Waals surface area contributed by atoms with Crippen molar-refractivity contribution in [2.45, 2.75) is 31.7 Å². The number of hydrogen-bond acceptors (Lipinski definition) is 6. The molecule has 4 aromatic rings. The Bertz CT molecular complexity index is 1540. The zero-order chi connectivity index (χ0) is 23.8. The summed E-state index contributed by atoms with van der Waals surface area (Å²) in [6.07, 6.45) is 3.84. The molecule has 0 unspecified atom stereocenters. The van der Waals surface area contributed by atoms with Crippen molar-refractivity contribution in [1.29, 1.82) is 5.26 Å². The van der Waals surface area contributed by atoms with Gasteiger partial charge in [-0.25, -0.2) is 4.98 Å². The quantitative estimate of drug-likeness (QED) is 0.435. The lowest BCUT2D eigenvalue weighted by Gasteiger charge is -2.26. The summed E-state index contributed by atoms with van der Waals surface area (Å²) in [5.41, 5.74) is 1.59. The van der Waals surface area contributed by atoms with Crippen LogP contribution in [-0.4, -0.2) is 32.4 Å². The first-order valence-corrected chi connectivity index (χ1v) is 11.8. The van der Waals surface area contributed by atoms with E-state index in [1.54, 1.807) is 36.5 Å². The standard InChI is InChI=1S/C25H20N4O4S/c26-13-17-8-10-21(34-17)15-5-9-20-19(12-15)24(31)29-11-1-2-18(22(29)28-20)23(30)27-16-6-3-14(4-7-16)25(32)33/h1-2,5,8-12,14,16H,3-4,6-7H2,(H,27,30)(H,32,33)/t14-,16+. The minimum Gasteiger partial charge on any atom is -0.481 e. The van der Waals surface area contributed by atoms with Gasteiger partial charge in [0.2, 0.25) is 0 Å². The molecule has 2 N–H and O–H groups in total. The molecule has 1 aliphatic rings. The van der Waals surface area contributed by atoms with Crippen molar-refractivity contribution in [3.8, 4) is 16.5 Å². The highest BCUT2D eigenvalue weighted by atomic mass is 32.1. The zero-order valence-corrected chi connectivity index (χ0v) is 18.8. The van der Waals surface area contributed by atoms with Crippen molar-refractivity contribution < 1.29 is 14.7 Å². The molecule has 1 fully saturated rings. The van der Waals surface area contributed by atoms with Crippen molar-refractivity contribution >= 4 is 39.8 Å². The maximum Gasteiger partial charge on any atom is 0.306 e. The average Bonchev–Trinajstić information content (AvgIpc) is 3.33. The van der Waals surface area contributed by atoms with E-state index in [0.29, 0.717) is 47.0 Å². The Balaban J connectivity index is 1.48. The van der Waals surface area contributed by atoms with Gasteiger partial charge in [-0.2, -0.15) is 5.26 Å². The summed E-state index contributed by atoms with van der Waals surface area (Å²) >= 11 is 1.35. The maximum absolute atomic E-state index is 13.3. The van der Waals surface area contributed by atoms with Gasteiger partial charge in [0.1, 0.15) is 10.9 Å². The second-order valence-electron chi connectivity index (χ2n) is 8.40. The smallest absolute Gasteiger partial charge is 0.306 e. The highest BCUT2D eigenvalue weighted by Gasteiger charge is 2.27. The lowest BCUT2D eigenvalue weighted by molar-refractivity contribution is -0.142. The third-order valence-corrected chi connectivity index (χ3v) is 7.34. The number of carbonyl (C=O) groups excluding carboxylic acids is 1. The monoisotopic (exact) mass is 472 g/mol. The Hall–Kier alpha value is -4.03. The molecule has 0 spiro atoms. The summed E-state index contributed by atoms with van der Waals surface area (Å²) in [5, 5.41) is 21.7. The van der Waals surface area contributed by atoms with E-state index < -0.39 is 5.97 Å². The minimum absolute atomic E-state index is 0.109. The largest absolute Gasteiger partial charge is 0.481 e. The SMILES string of the molecule is N#Cc1ccc(-c2ccc3nc4c(C(=O)N[C@H]5CC[C@@H](C(=O)O)CC5)cccn4c(=O)c3c2)s1. The Morgan fingerprint density at radius 1 is 1.15 bits per heavy atom. The number of carboxylic acid groups (broad SMARTS) is 1. The molecule has 170 valence electrons. The Morgan fingerprint density at radius 2 is 1.94 bits per heavy atom. The summed E-state index contributed by atoms with van der Waals surface area (Å²) < 4.78 is 1.37. The number of rotatable bonds is 4. The highest BCUT2D eigenvalue weighted by Crippen LogP contribution is 2.29. The van der Waals surface area contributed by atoms with Gasteiger partial charge in [0.15, 0.2) is 5.65 Å². The fraction of sp³-hybridized carbons (Fsp3) is 0.240. The number of carboxylic acids is 1. The molecule has 0 atom stereocenters. The van der Waals surface area contributed by atoms with Crippen LogP contribution in [0.2, 0.25) is 0 Å². The van der Waals surface area contributed by atoms with Crippen LogP contribution in [0.25, 0.3) is 27.0 Å². The number of pyridine rings is 1. The van der Waals surface area contributed by atoms with Crippen LogP contribution >= 0.6 is 11.3 Å². The van der Waals surface area contributed by atoms with E-state index in [4.69, 9.17) is 10.4 Å². The summed E-state index contributed by atoms with van der Waals surface area (Å²) in [7, 11) is 0. The molecule has 3 aromatic heterocycles. The first-order valence-electron chi connectivity index (χ1n) is 10.9. The number of nitrogens with zero attached hydrogens (tertiary/aromatic N) is 3. The van der Waals surface area contributed by atoms with Crippen molar-refractivity contribution in [3.63, 3.8) is 0 Å². The molecule has 3 heterocycles. The van der Waals surface area contributed by atoms with Gasteiger partial charge in [0.05, 0.1) is 22.4 Å². The number of benzene rings is 1. The number of aliphatic carboxylic acids is 1. The van der Waals surface area contributed by atoms with Gasteiger partial charge >= 0.3 is 5.97 Å². The lowest BCUT2D eigenvalue weighted by atomic mass is 9.86. The van der Waals surface area contributed by atoms with E-state index in [1.807, 2.05) is 12.1 Å². The zero-order valence-electron chi connectivity index (χ0n) is 18.0. The van der Waals surface area contributed by atoms with Gasteiger partial charge < -0.3 is 10.4 Å². The number of amides is 1. The molecule has 1 saturated carbocycles. The van der Waals surface area contributed by atoms with Crippen molar-refractivity contribution in [1.82, 2.24) is 14.7 Å². The topological polar surface area (TPSA) is 125 Å². The second kappa shape index (κ2) is 8.72. The van der Waals surface area contributed by atoms with Crippen molar-refractivity contribution in [2.24, 2.45) is 5.92 Å². The summed E-state index contributed by atoms with van der Waals surface area (Å²) in [4.78, 5) is 43.6. The molecule has 0 bridgehead atoms. The van der Waals surface area contributed by atoms with Gasteiger partial charge in [0, 0.05) is 17.1 Å². The predicted molar refractivity (Wildman–Crippen MR) is 128 cm³/mol. The van der Waals surface area contributed by atoms with E-state index in [9.17, 15) is 14.4 Å². The molecule has 1 aliphatic carbocycles. The first-order chi connectivity index (χ1) is 16.4. The minimum atomic E-state index is -0.790. The van der Waals surface area contributed by atoms with Crippen LogP contribution in [-0.2, 0) is 4.79 Å². The fourth-order valence-electron chi connectivity index (χ4n) is 4.46. The third kappa shape index (κ3) is 3.93. The Labute approximate surface area is 198 Å². The van der Waals surface area contributed by atoms with Gasteiger partial charge in [-0.1, -0.05) is 6.07 Å². The van der Waals surface area contributed by atoms with Gasteiger partial charge in [-0.3, -0.25) is 18.8 Å². The molecule has 1 aromatic carbocycles. The Kier molecular flexibility index (Phi) is 5.59. The molecule has 1 amide bonds. The van der Waals surface area contributed by atoms with Crippen molar-refractivity contribution in [3.05, 3.63) is 69.5 Å². The number of fused-ring (bicyclic) bond motifs is 2. The van der Waals surface area contributed by atoms with Crippen LogP contribution in [0.3, 0.4) is 0 Å². The number of nitriles is 1. The summed E-state index contributed by atoms with van der Waals surface area (Å²) in [5.74, 6) is -1.48. The van der Waals surface area contributed by atoms with Crippen molar-refractivity contribution in [2.75, 3.05) is 0 Å². The first kappa shape index (κ1) is 21.8. The Morgan fingerprint density at radius 3 is 2.65 bits per heavy atom. The van der Waals surface area contributed by atoms with Gasteiger partial charge in [-0.05, 0) is 67.6 Å². The van der Waals surface area contributed by atoms with E-state index >= 15 is 0 Å². The van der Waals surface area contributed by atoms with Crippen LogP contribution in [0.15, 0.2) is 53.5 Å². The van der Waals surface area contributed by atoms with E-state index in [2.05, 4.69) is 16.4 Å². The van der Waals surface area contributed by atoms with Crippen LogP contribution in [0.5, 0.6) is 0 Å². The maximum atomic E-state index is 13.3. The normalized spacial score (nSPS) is 18.0. The third-order valence-electron chi connectivity index (χ3n) is 6.30. The summed E-state index contributed by atoms with van der Waals surface area (Å²) in [6, 6.07) is 14.2. The predicted octanol–water partition coefficient (Wildman–Crippen LogP) is 3.82. The van der Waals surface area contributed by atoms with E-state index in [1.165, 1.54) is 15.7 Å². The van der Waals surface area contributed by atoms with Gasteiger partial charge in [-0.15, -0.1) is 11.3 Å². The van der Waals surface area contributed by atoms with Gasteiger partial charge in [0.25, 0.3) is 11.5 Å². The second-order valence-corrected chi connectivity index (χ2v) is 9.48. The number of hydrogen-bond donors (Lipinski definition) is 2. The number of nitrogens with one attached hydrogen (secondary N) is 1. The molecule has 5 rings (SSSR count). The average molecular weight is 473 g/mol. The molecule has 0 radical (unpaired) electrons. The molecular weight excluding hydrogens is 452 g/mol. The number of thiophene rings is 1. The molecule has 34 heavy (non-hydrogen) atoms. The molecule has 9 heteroatoms. The molecule has 8 nitrogen and oxygen atoms in total. The molecule has 0 aliphatic heterocycles. The van der Waals surface area contributed by atoms with Crippen LogP contribution in [0, 0.1) is 17.2 Å². The lowest BCUT2D eigenvalue weighted by Crippen LogP contribution is -2.39. The fourth-order valence-corrected chi connectivity index (χ4v) is 5.26. The van der Waals surface area contributed by atoms with E-state index in [-0.39, 0.29) is 29.1 Å². The number of carbonyl (C=O) groups is 2. The van der Waals surface area contributed by atoms with Crippen LogP contribution < -0.4 is 10.9 Å². The summed E-state index contributed by atoms with van der Waals surface area (Å²) in [6.45, 7) is 0. The number of aromatic nitrogens is 2. The van der Waals surface area contributed by atoms with Crippen LogP contribution in [0.1, 0.15) is 40.9 Å².